The van der Waals surface area contributed by atoms with Crippen molar-refractivity contribution in [3.63, 3.8) is 0 Å². The van der Waals surface area contributed by atoms with E-state index in [4.69, 9.17) is 9.47 Å². The van der Waals surface area contributed by atoms with Crippen LogP contribution in [0.2, 0.25) is 0 Å². The van der Waals surface area contributed by atoms with E-state index in [-0.39, 0.29) is 11.3 Å². The predicted octanol–water partition coefficient (Wildman–Crippen LogP) is 3.24. The summed E-state index contributed by atoms with van der Waals surface area (Å²) in [4.78, 5) is 0. The molecule has 3 heteroatoms. The van der Waals surface area contributed by atoms with Gasteiger partial charge in [-0.2, -0.15) is 0 Å². The van der Waals surface area contributed by atoms with Crippen molar-refractivity contribution in [2.24, 2.45) is 0 Å². The number of methoxy groups -OCH3 is 1. The highest BCUT2D eigenvalue weighted by atomic mass is 16.5. The highest BCUT2D eigenvalue weighted by Crippen LogP contribution is 2.55. The molecule has 1 aliphatic heterocycles. The van der Waals surface area contributed by atoms with Crippen LogP contribution in [0, 0.1) is 0 Å². The fourth-order valence-electron chi connectivity index (χ4n) is 4.10. The number of ether oxygens (including phenoxy) is 2. The lowest BCUT2D eigenvalue weighted by atomic mass is 9.65. The van der Waals surface area contributed by atoms with Crippen molar-refractivity contribution in [1.82, 2.24) is 0 Å². The highest BCUT2D eigenvalue weighted by Gasteiger charge is 2.48. The van der Waals surface area contributed by atoms with Crippen LogP contribution in [0.1, 0.15) is 36.0 Å². The maximum Gasteiger partial charge on any atom is 0.123 e. The summed E-state index contributed by atoms with van der Waals surface area (Å²) in [7, 11) is 1.69. The van der Waals surface area contributed by atoms with E-state index in [1.54, 1.807) is 7.11 Å². The molecule has 0 radical (unpaired) electrons. The van der Waals surface area contributed by atoms with Gasteiger partial charge in [0, 0.05) is 22.5 Å². The molecule has 0 fully saturated rings. The molecule has 0 unspecified atom stereocenters. The lowest BCUT2D eigenvalue weighted by Crippen LogP contribution is -2.39. The molecular formula is C19H20O3. The van der Waals surface area contributed by atoms with Crippen molar-refractivity contribution >= 4 is 0 Å². The highest BCUT2D eigenvalue weighted by molar-refractivity contribution is 5.60. The Morgan fingerprint density at radius 2 is 1.95 bits per heavy atom. The van der Waals surface area contributed by atoms with Crippen LogP contribution in [0.3, 0.4) is 0 Å². The SMILES string of the molecule is COc1ccc2c3c1[C@@H](c1ccccc1)[C@H](O)C[C@]3(C)CO2. The summed E-state index contributed by atoms with van der Waals surface area (Å²) in [6, 6.07) is 14.1. The molecule has 22 heavy (non-hydrogen) atoms. The van der Waals surface area contributed by atoms with E-state index in [2.05, 4.69) is 19.1 Å². The van der Waals surface area contributed by atoms with Gasteiger partial charge in [0.05, 0.1) is 19.8 Å². The Morgan fingerprint density at radius 3 is 2.68 bits per heavy atom. The molecule has 1 N–H and O–H groups in total. The number of hydrogen-bond acceptors (Lipinski definition) is 3. The third-order valence-corrected chi connectivity index (χ3v) is 5.05. The molecule has 4 rings (SSSR count). The molecule has 3 atom stereocenters. The van der Waals surface area contributed by atoms with Gasteiger partial charge in [0.2, 0.25) is 0 Å². The largest absolute Gasteiger partial charge is 0.496 e. The standard InChI is InChI=1S/C19H20O3/c1-19-10-13(20)16(12-6-4-3-5-7-12)17-14(21-2)8-9-15(18(17)19)22-11-19/h3-9,13,16,20H,10-11H2,1-2H3/t13-,16+,19-/m1/s1. The van der Waals surface area contributed by atoms with E-state index in [0.29, 0.717) is 13.0 Å². The minimum absolute atomic E-state index is 0.0686. The molecular weight excluding hydrogens is 276 g/mol. The van der Waals surface area contributed by atoms with Crippen LogP contribution in [-0.4, -0.2) is 24.9 Å². The van der Waals surface area contributed by atoms with Crippen molar-refractivity contribution in [1.29, 1.82) is 0 Å². The predicted molar refractivity (Wildman–Crippen MR) is 84.7 cm³/mol. The van der Waals surface area contributed by atoms with Gasteiger partial charge in [-0.05, 0) is 24.1 Å². The second-order valence-electron chi connectivity index (χ2n) is 6.56. The van der Waals surface area contributed by atoms with Crippen LogP contribution >= 0.6 is 0 Å². The third kappa shape index (κ3) is 1.78. The summed E-state index contributed by atoms with van der Waals surface area (Å²) < 4.78 is 11.5. The minimum atomic E-state index is -0.439. The summed E-state index contributed by atoms with van der Waals surface area (Å²) in [5.41, 5.74) is 3.29. The summed E-state index contributed by atoms with van der Waals surface area (Å²) in [5, 5.41) is 10.9. The minimum Gasteiger partial charge on any atom is -0.496 e. The number of benzene rings is 2. The molecule has 114 valence electrons. The van der Waals surface area contributed by atoms with Gasteiger partial charge in [-0.3, -0.25) is 0 Å². The van der Waals surface area contributed by atoms with Gasteiger partial charge in [-0.25, -0.2) is 0 Å². The molecule has 0 aromatic heterocycles. The van der Waals surface area contributed by atoms with E-state index < -0.39 is 6.10 Å². The molecule has 2 aromatic carbocycles. The molecule has 2 aliphatic rings. The van der Waals surface area contributed by atoms with E-state index >= 15 is 0 Å². The number of aliphatic hydroxyl groups is 1. The van der Waals surface area contributed by atoms with Gasteiger partial charge in [0.1, 0.15) is 11.5 Å². The molecule has 0 amide bonds. The van der Waals surface area contributed by atoms with Crippen LogP contribution in [0.5, 0.6) is 11.5 Å². The summed E-state index contributed by atoms with van der Waals surface area (Å²) in [5.74, 6) is 1.70. The molecule has 2 aromatic rings. The van der Waals surface area contributed by atoms with Crippen LogP contribution in [0.15, 0.2) is 42.5 Å². The third-order valence-electron chi connectivity index (χ3n) is 5.05. The Labute approximate surface area is 130 Å². The topological polar surface area (TPSA) is 38.7 Å². The summed E-state index contributed by atoms with van der Waals surface area (Å²) in [6.45, 7) is 2.80. The lowest BCUT2D eigenvalue weighted by Gasteiger charge is -2.39. The van der Waals surface area contributed by atoms with Gasteiger partial charge < -0.3 is 14.6 Å². The number of aliphatic hydroxyl groups excluding tert-OH is 1. The Bertz CT molecular complexity index is 710. The Morgan fingerprint density at radius 1 is 1.18 bits per heavy atom. The van der Waals surface area contributed by atoms with E-state index in [1.165, 1.54) is 5.56 Å². The van der Waals surface area contributed by atoms with Gasteiger partial charge in [-0.1, -0.05) is 37.3 Å². The van der Waals surface area contributed by atoms with Gasteiger partial charge in [0.15, 0.2) is 0 Å². The maximum atomic E-state index is 10.9. The van der Waals surface area contributed by atoms with E-state index in [0.717, 1.165) is 22.6 Å². The first-order valence-corrected chi connectivity index (χ1v) is 7.71. The summed E-state index contributed by atoms with van der Waals surface area (Å²) >= 11 is 0. The van der Waals surface area contributed by atoms with Gasteiger partial charge in [0.25, 0.3) is 0 Å². The van der Waals surface area contributed by atoms with Gasteiger partial charge >= 0.3 is 0 Å². The van der Waals surface area contributed by atoms with Crippen molar-refractivity contribution in [3.8, 4) is 11.5 Å². The van der Waals surface area contributed by atoms with Crippen molar-refractivity contribution in [3.05, 3.63) is 59.2 Å². The van der Waals surface area contributed by atoms with Crippen LogP contribution in [0.4, 0.5) is 0 Å². The Kier molecular flexibility index (Phi) is 2.95. The fourth-order valence-corrected chi connectivity index (χ4v) is 4.10. The Balaban J connectivity index is 1.99. The second kappa shape index (κ2) is 4.75. The van der Waals surface area contributed by atoms with E-state index in [1.807, 2.05) is 30.3 Å². The van der Waals surface area contributed by atoms with Crippen molar-refractivity contribution < 1.29 is 14.6 Å². The molecule has 0 saturated carbocycles. The first-order chi connectivity index (χ1) is 10.6. The average molecular weight is 296 g/mol. The number of hydrogen-bond donors (Lipinski definition) is 1. The zero-order valence-electron chi connectivity index (χ0n) is 12.9. The molecule has 1 aliphatic carbocycles. The zero-order chi connectivity index (χ0) is 15.3. The molecule has 0 saturated heterocycles. The molecule has 3 nitrogen and oxygen atoms in total. The average Bonchev–Trinajstić information content (AvgIpc) is 2.86. The lowest BCUT2D eigenvalue weighted by molar-refractivity contribution is 0.0975. The van der Waals surface area contributed by atoms with Crippen molar-refractivity contribution in [2.45, 2.75) is 30.8 Å². The Hall–Kier alpha value is -2.00. The molecule has 0 bridgehead atoms. The zero-order valence-corrected chi connectivity index (χ0v) is 12.9. The van der Waals surface area contributed by atoms with Crippen LogP contribution in [0.25, 0.3) is 0 Å². The van der Waals surface area contributed by atoms with Gasteiger partial charge in [-0.15, -0.1) is 0 Å². The van der Waals surface area contributed by atoms with Crippen LogP contribution < -0.4 is 9.47 Å². The first kappa shape index (κ1) is 13.6. The molecule has 1 heterocycles. The quantitative estimate of drug-likeness (QED) is 0.924. The molecule has 0 spiro atoms. The number of rotatable bonds is 2. The monoisotopic (exact) mass is 296 g/mol. The fraction of sp³-hybridized carbons (Fsp3) is 0.368. The summed E-state index contributed by atoms with van der Waals surface area (Å²) in [6.07, 6.45) is 0.269. The normalized spacial score (nSPS) is 28.9. The second-order valence-corrected chi connectivity index (χ2v) is 6.56. The van der Waals surface area contributed by atoms with Crippen molar-refractivity contribution in [2.75, 3.05) is 13.7 Å². The van der Waals surface area contributed by atoms with Crippen LogP contribution in [-0.2, 0) is 5.41 Å². The smallest absolute Gasteiger partial charge is 0.123 e. The van der Waals surface area contributed by atoms with E-state index in [9.17, 15) is 5.11 Å². The maximum absolute atomic E-state index is 10.9. The first-order valence-electron chi connectivity index (χ1n) is 7.71.